The van der Waals surface area contributed by atoms with E-state index in [4.69, 9.17) is 4.74 Å². The Morgan fingerprint density at radius 2 is 2.19 bits per heavy atom. The highest BCUT2D eigenvalue weighted by Gasteiger charge is 2.33. The second-order valence-corrected chi connectivity index (χ2v) is 6.45. The van der Waals surface area contributed by atoms with Crippen LogP contribution in [0.3, 0.4) is 0 Å². The van der Waals surface area contributed by atoms with Crippen molar-refractivity contribution in [3.05, 3.63) is 47.0 Å². The monoisotopic (exact) mass is 302 g/mol. The van der Waals surface area contributed by atoms with Gasteiger partial charge in [-0.15, -0.1) is 11.3 Å². The summed E-state index contributed by atoms with van der Waals surface area (Å²) >= 11 is 1.49. The molecule has 1 aromatic carbocycles. The second kappa shape index (κ2) is 6.37. The highest BCUT2D eigenvalue weighted by atomic mass is 32.1. The van der Waals surface area contributed by atoms with E-state index in [-0.39, 0.29) is 17.9 Å². The number of hydrogen-bond acceptors (Lipinski definition) is 4. The SMILES string of the molecule is Cc1cnc(NC(=O)[C@H]2CCCO[C@H]2c2ccccc2)s1. The van der Waals surface area contributed by atoms with Crippen molar-refractivity contribution in [2.24, 2.45) is 5.92 Å². The predicted molar refractivity (Wildman–Crippen MR) is 83.3 cm³/mol. The molecule has 0 unspecified atom stereocenters. The number of amides is 1. The molecule has 0 saturated carbocycles. The van der Waals surface area contributed by atoms with Crippen molar-refractivity contribution >= 4 is 22.4 Å². The number of aryl methyl sites for hydroxylation is 1. The number of carbonyl (C=O) groups is 1. The van der Waals surface area contributed by atoms with Crippen LogP contribution in [0.25, 0.3) is 0 Å². The smallest absolute Gasteiger partial charge is 0.232 e. The molecule has 0 bridgehead atoms. The van der Waals surface area contributed by atoms with E-state index in [2.05, 4.69) is 10.3 Å². The number of thiazole rings is 1. The highest BCUT2D eigenvalue weighted by molar-refractivity contribution is 7.15. The van der Waals surface area contributed by atoms with Crippen molar-refractivity contribution in [3.8, 4) is 0 Å². The molecular weight excluding hydrogens is 284 g/mol. The summed E-state index contributed by atoms with van der Waals surface area (Å²) in [6, 6.07) is 9.96. The lowest BCUT2D eigenvalue weighted by Crippen LogP contribution is -2.33. The molecule has 1 fully saturated rings. The highest BCUT2D eigenvalue weighted by Crippen LogP contribution is 2.34. The second-order valence-electron chi connectivity index (χ2n) is 5.22. The van der Waals surface area contributed by atoms with Crippen LogP contribution in [0.4, 0.5) is 5.13 Å². The number of aromatic nitrogens is 1. The Kier molecular flexibility index (Phi) is 4.31. The molecule has 0 aliphatic carbocycles. The van der Waals surface area contributed by atoms with E-state index in [1.165, 1.54) is 11.3 Å². The van der Waals surface area contributed by atoms with Crippen LogP contribution in [0.5, 0.6) is 0 Å². The topological polar surface area (TPSA) is 51.2 Å². The first kappa shape index (κ1) is 14.2. The van der Waals surface area contributed by atoms with Crippen LogP contribution < -0.4 is 5.32 Å². The maximum absolute atomic E-state index is 12.5. The molecule has 5 heteroatoms. The van der Waals surface area contributed by atoms with Crippen molar-refractivity contribution in [2.45, 2.75) is 25.9 Å². The Balaban J connectivity index is 1.76. The van der Waals surface area contributed by atoms with Gasteiger partial charge in [-0.05, 0) is 25.3 Å². The molecule has 0 spiro atoms. The lowest BCUT2D eigenvalue weighted by Gasteiger charge is -2.30. The molecule has 1 aliphatic rings. The zero-order valence-electron chi connectivity index (χ0n) is 11.9. The molecule has 1 aliphatic heterocycles. The number of anilines is 1. The summed E-state index contributed by atoms with van der Waals surface area (Å²) in [5.41, 5.74) is 1.06. The van der Waals surface area contributed by atoms with Gasteiger partial charge in [-0.3, -0.25) is 4.79 Å². The minimum Gasteiger partial charge on any atom is -0.373 e. The van der Waals surface area contributed by atoms with Gasteiger partial charge in [-0.1, -0.05) is 30.3 Å². The number of nitrogens with zero attached hydrogens (tertiary/aromatic N) is 1. The third-order valence-corrected chi connectivity index (χ3v) is 4.47. The van der Waals surface area contributed by atoms with Crippen molar-refractivity contribution in [3.63, 3.8) is 0 Å². The lowest BCUT2D eigenvalue weighted by atomic mass is 9.89. The molecular formula is C16H18N2O2S. The average Bonchev–Trinajstić information content (AvgIpc) is 2.93. The number of benzene rings is 1. The van der Waals surface area contributed by atoms with E-state index < -0.39 is 0 Å². The molecule has 3 rings (SSSR count). The van der Waals surface area contributed by atoms with E-state index >= 15 is 0 Å². The van der Waals surface area contributed by atoms with Crippen LogP contribution in [0, 0.1) is 12.8 Å². The zero-order valence-corrected chi connectivity index (χ0v) is 12.7. The van der Waals surface area contributed by atoms with Crippen LogP contribution >= 0.6 is 11.3 Å². The van der Waals surface area contributed by atoms with Crippen LogP contribution in [0.2, 0.25) is 0 Å². The Hall–Kier alpha value is -1.72. The summed E-state index contributed by atoms with van der Waals surface area (Å²) in [5, 5.41) is 3.58. The first-order chi connectivity index (χ1) is 10.2. The summed E-state index contributed by atoms with van der Waals surface area (Å²) in [4.78, 5) is 17.8. The van der Waals surface area contributed by atoms with E-state index in [1.54, 1.807) is 6.20 Å². The fourth-order valence-electron chi connectivity index (χ4n) is 2.63. The zero-order chi connectivity index (χ0) is 14.7. The van der Waals surface area contributed by atoms with Gasteiger partial charge >= 0.3 is 0 Å². The van der Waals surface area contributed by atoms with E-state index in [0.717, 1.165) is 23.3 Å². The van der Waals surface area contributed by atoms with Gasteiger partial charge in [0.25, 0.3) is 0 Å². The van der Waals surface area contributed by atoms with Crippen molar-refractivity contribution in [2.75, 3.05) is 11.9 Å². The molecule has 0 radical (unpaired) electrons. The minimum atomic E-state index is -0.166. The van der Waals surface area contributed by atoms with Crippen LogP contribution in [-0.4, -0.2) is 17.5 Å². The standard InChI is InChI=1S/C16H18N2O2S/c1-11-10-17-16(21-11)18-15(19)13-8-5-9-20-14(13)12-6-3-2-4-7-12/h2-4,6-7,10,13-14H,5,8-9H2,1H3,(H,17,18,19)/t13-,14-/m0/s1. The summed E-state index contributed by atoms with van der Waals surface area (Å²) in [5.74, 6) is -0.164. The lowest BCUT2D eigenvalue weighted by molar-refractivity contribution is -0.129. The number of nitrogens with one attached hydrogen (secondary N) is 1. The van der Waals surface area contributed by atoms with Gasteiger partial charge in [-0.2, -0.15) is 0 Å². The quantitative estimate of drug-likeness (QED) is 0.943. The summed E-state index contributed by atoms with van der Waals surface area (Å²) in [6.45, 7) is 2.68. The molecule has 110 valence electrons. The largest absolute Gasteiger partial charge is 0.373 e. The fraction of sp³-hybridized carbons (Fsp3) is 0.375. The first-order valence-electron chi connectivity index (χ1n) is 7.14. The van der Waals surface area contributed by atoms with Crippen LogP contribution in [0.1, 0.15) is 29.4 Å². The molecule has 21 heavy (non-hydrogen) atoms. The van der Waals surface area contributed by atoms with Gasteiger partial charge in [-0.25, -0.2) is 4.98 Å². The number of hydrogen-bond donors (Lipinski definition) is 1. The van der Waals surface area contributed by atoms with E-state index in [0.29, 0.717) is 11.7 Å². The Labute approximate surface area is 128 Å². The van der Waals surface area contributed by atoms with E-state index in [9.17, 15) is 4.79 Å². The normalized spacial score (nSPS) is 22.0. The van der Waals surface area contributed by atoms with Crippen LogP contribution in [0.15, 0.2) is 36.5 Å². The maximum atomic E-state index is 12.5. The molecule has 2 aromatic rings. The van der Waals surface area contributed by atoms with Gasteiger partial charge in [0.05, 0.1) is 12.0 Å². The first-order valence-corrected chi connectivity index (χ1v) is 7.95. The molecule has 2 atom stereocenters. The predicted octanol–water partition coefficient (Wildman–Crippen LogP) is 3.56. The van der Waals surface area contributed by atoms with Gasteiger partial charge < -0.3 is 10.1 Å². The van der Waals surface area contributed by atoms with Gasteiger partial charge in [0.1, 0.15) is 0 Å². The maximum Gasteiger partial charge on any atom is 0.232 e. The van der Waals surface area contributed by atoms with Crippen molar-refractivity contribution in [1.29, 1.82) is 0 Å². The fourth-order valence-corrected chi connectivity index (χ4v) is 3.30. The summed E-state index contributed by atoms with van der Waals surface area (Å²) in [6.07, 6.45) is 3.36. The molecule has 4 nitrogen and oxygen atoms in total. The third-order valence-electron chi connectivity index (χ3n) is 3.64. The Morgan fingerprint density at radius 1 is 1.38 bits per heavy atom. The Bertz CT molecular complexity index is 612. The number of rotatable bonds is 3. The van der Waals surface area contributed by atoms with Crippen molar-refractivity contribution in [1.82, 2.24) is 4.98 Å². The summed E-state index contributed by atoms with van der Waals surface area (Å²) < 4.78 is 5.86. The molecule has 1 saturated heterocycles. The minimum absolute atomic E-state index is 0.00194. The average molecular weight is 302 g/mol. The van der Waals surface area contributed by atoms with Crippen molar-refractivity contribution < 1.29 is 9.53 Å². The van der Waals surface area contributed by atoms with Gasteiger partial charge in [0, 0.05) is 17.7 Å². The molecule has 1 amide bonds. The third kappa shape index (κ3) is 3.31. The van der Waals surface area contributed by atoms with Gasteiger partial charge in [0.2, 0.25) is 5.91 Å². The Morgan fingerprint density at radius 3 is 2.90 bits per heavy atom. The van der Waals surface area contributed by atoms with Gasteiger partial charge in [0.15, 0.2) is 5.13 Å². The summed E-state index contributed by atoms with van der Waals surface area (Å²) in [7, 11) is 0. The van der Waals surface area contributed by atoms with Crippen LogP contribution in [-0.2, 0) is 9.53 Å². The number of carbonyl (C=O) groups excluding carboxylic acids is 1. The molecule has 1 aromatic heterocycles. The molecule has 1 N–H and O–H groups in total. The molecule has 2 heterocycles. The van der Waals surface area contributed by atoms with E-state index in [1.807, 2.05) is 37.3 Å². The number of ether oxygens (including phenoxy) is 1.